The average Bonchev–Trinajstić information content (AvgIpc) is 2.66. The lowest BCUT2D eigenvalue weighted by Gasteiger charge is -2.02. The van der Waals surface area contributed by atoms with Crippen LogP contribution in [0.1, 0.15) is 0 Å². The fraction of sp³-hybridized carbons (Fsp3) is 0.0769. The van der Waals surface area contributed by atoms with E-state index < -0.39 is 0 Å². The minimum atomic E-state index is 0.648. The molecule has 0 radical (unpaired) electrons. The highest BCUT2D eigenvalue weighted by Crippen LogP contribution is 2.35. The molecule has 0 saturated carbocycles. The summed E-state index contributed by atoms with van der Waals surface area (Å²) in [5.74, 6) is 0.736. The summed E-state index contributed by atoms with van der Waals surface area (Å²) < 4.78 is 5.32. The molecule has 3 aromatic rings. The summed E-state index contributed by atoms with van der Waals surface area (Å²) >= 11 is 12.1. The fourth-order valence-electron chi connectivity index (χ4n) is 2.07. The van der Waals surface area contributed by atoms with Crippen molar-refractivity contribution in [2.75, 3.05) is 7.11 Å². The van der Waals surface area contributed by atoms with E-state index in [9.17, 15) is 0 Å². The highest BCUT2D eigenvalue weighted by Gasteiger charge is 2.10. The third kappa shape index (κ3) is 1.65. The van der Waals surface area contributed by atoms with Gasteiger partial charge in [-0.2, -0.15) is 0 Å². The molecule has 0 fully saturated rings. The second-order valence-electron chi connectivity index (χ2n) is 3.85. The molecular weight excluding hydrogens is 257 g/mol. The molecule has 1 N–H and O–H groups in total. The third-order valence-corrected chi connectivity index (χ3v) is 3.27. The van der Waals surface area contributed by atoms with Crippen molar-refractivity contribution in [1.29, 1.82) is 0 Å². The summed E-state index contributed by atoms with van der Waals surface area (Å²) in [6.07, 6.45) is 0. The molecule has 0 aliphatic heterocycles. The van der Waals surface area contributed by atoms with Crippen molar-refractivity contribution < 1.29 is 4.74 Å². The van der Waals surface area contributed by atoms with Gasteiger partial charge in [0.15, 0.2) is 0 Å². The van der Waals surface area contributed by atoms with Crippen LogP contribution in [0.5, 0.6) is 5.75 Å². The molecule has 1 aromatic heterocycles. The number of hydrogen-bond acceptors (Lipinski definition) is 1. The summed E-state index contributed by atoms with van der Waals surface area (Å²) in [5.41, 5.74) is 1.96. The van der Waals surface area contributed by atoms with Crippen LogP contribution in [0, 0.1) is 0 Å². The molecule has 4 heteroatoms. The van der Waals surface area contributed by atoms with E-state index in [0.29, 0.717) is 10.0 Å². The van der Waals surface area contributed by atoms with Crippen molar-refractivity contribution in [1.82, 2.24) is 4.98 Å². The Bertz CT molecular complexity index is 718. The van der Waals surface area contributed by atoms with Crippen LogP contribution in [0.2, 0.25) is 10.0 Å². The molecule has 0 unspecified atom stereocenters. The Hall–Kier alpha value is -1.38. The van der Waals surface area contributed by atoms with E-state index in [1.165, 1.54) is 0 Å². The third-order valence-electron chi connectivity index (χ3n) is 2.82. The highest BCUT2D eigenvalue weighted by molar-refractivity contribution is 6.33. The van der Waals surface area contributed by atoms with Crippen molar-refractivity contribution in [2.45, 2.75) is 0 Å². The molecule has 0 amide bonds. The van der Waals surface area contributed by atoms with Gasteiger partial charge in [0.2, 0.25) is 0 Å². The van der Waals surface area contributed by atoms with Gasteiger partial charge in [0.25, 0.3) is 0 Å². The number of H-pyrrole nitrogens is 1. The zero-order valence-corrected chi connectivity index (χ0v) is 10.6. The number of ether oxygens (including phenoxy) is 1. The molecule has 0 aliphatic rings. The van der Waals surface area contributed by atoms with Crippen LogP contribution in [-0.2, 0) is 0 Å². The molecule has 17 heavy (non-hydrogen) atoms. The number of aromatic nitrogens is 1. The Balaban J connectivity index is 2.52. The van der Waals surface area contributed by atoms with Gasteiger partial charge in [-0.15, -0.1) is 0 Å². The summed E-state index contributed by atoms with van der Waals surface area (Å²) in [6.45, 7) is 0. The molecule has 1 heterocycles. The number of benzene rings is 2. The van der Waals surface area contributed by atoms with Gasteiger partial charge in [-0.25, -0.2) is 0 Å². The SMILES string of the molecule is COc1cc(Cl)cc2c1[nH]c1ccc(Cl)cc12. The number of hydrogen-bond donors (Lipinski definition) is 1. The number of methoxy groups -OCH3 is 1. The van der Waals surface area contributed by atoms with Gasteiger partial charge < -0.3 is 9.72 Å². The molecule has 2 nitrogen and oxygen atoms in total. The molecule has 0 bridgehead atoms. The van der Waals surface area contributed by atoms with E-state index in [1.807, 2.05) is 24.3 Å². The number of fused-ring (bicyclic) bond motifs is 3. The second kappa shape index (κ2) is 3.83. The number of nitrogens with one attached hydrogen (secondary N) is 1. The first kappa shape index (κ1) is 10.8. The van der Waals surface area contributed by atoms with E-state index >= 15 is 0 Å². The van der Waals surface area contributed by atoms with Gasteiger partial charge >= 0.3 is 0 Å². The first-order valence-corrected chi connectivity index (χ1v) is 5.89. The Morgan fingerprint density at radius 1 is 1.00 bits per heavy atom. The van der Waals surface area contributed by atoms with Crippen molar-refractivity contribution in [3.05, 3.63) is 40.4 Å². The lowest BCUT2D eigenvalue weighted by Crippen LogP contribution is -1.83. The first-order valence-electron chi connectivity index (χ1n) is 5.13. The van der Waals surface area contributed by atoms with Gasteiger partial charge in [0, 0.05) is 32.4 Å². The van der Waals surface area contributed by atoms with Crippen molar-refractivity contribution in [2.24, 2.45) is 0 Å². The van der Waals surface area contributed by atoms with Gasteiger partial charge in [-0.05, 0) is 24.3 Å². The Morgan fingerprint density at radius 2 is 1.76 bits per heavy atom. The Labute approximate surface area is 108 Å². The average molecular weight is 266 g/mol. The standard InChI is InChI=1S/C13H9Cl2NO/c1-17-12-6-8(15)5-10-9-4-7(14)2-3-11(9)16-13(10)12/h2-6,16H,1H3. The Morgan fingerprint density at radius 3 is 2.53 bits per heavy atom. The van der Waals surface area contributed by atoms with Crippen LogP contribution in [0.15, 0.2) is 30.3 Å². The minimum absolute atomic E-state index is 0.648. The van der Waals surface area contributed by atoms with Gasteiger partial charge in [-0.1, -0.05) is 23.2 Å². The molecule has 2 aromatic carbocycles. The van der Waals surface area contributed by atoms with Gasteiger partial charge in [0.05, 0.1) is 12.6 Å². The number of aromatic amines is 1. The summed E-state index contributed by atoms with van der Waals surface area (Å²) in [5, 5.41) is 3.42. The summed E-state index contributed by atoms with van der Waals surface area (Å²) in [4.78, 5) is 3.31. The van der Waals surface area contributed by atoms with Crippen LogP contribution in [0.25, 0.3) is 21.8 Å². The predicted molar refractivity (Wildman–Crippen MR) is 72.4 cm³/mol. The molecular formula is C13H9Cl2NO. The van der Waals surface area contributed by atoms with Crippen LogP contribution in [0.3, 0.4) is 0 Å². The molecule has 0 spiro atoms. The topological polar surface area (TPSA) is 25.0 Å². The minimum Gasteiger partial charge on any atom is -0.495 e. The summed E-state index contributed by atoms with van der Waals surface area (Å²) in [7, 11) is 1.63. The lowest BCUT2D eigenvalue weighted by molar-refractivity contribution is 0.419. The quantitative estimate of drug-likeness (QED) is 0.682. The maximum absolute atomic E-state index is 6.07. The monoisotopic (exact) mass is 265 g/mol. The van der Waals surface area contributed by atoms with Crippen LogP contribution in [-0.4, -0.2) is 12.1 Å². The number of halogens is 2. The van der Waals surface area contributed by atoms with Crippen LogP contribution < -0.4 is 4.74 Å². The van der Waals surface area contributed by atoms with E-state index in [4.69, 9.17) is 27.9 Å². The van der Waals surface area contributed by atoms with Crippen molar-refractivity contribution in [3.8, 4) is 5.75 Å². The highest BCUT2D eigenvalue weighted by atomic mass is 35.5. The van der Waals surface area contributed by atoms with E-state index in [1.54, 1.807) is 13.2 Å². The smallest absolute Gasteiger partial charge is 0.144 e. The molecule has 0 saturated heterocycles. The normalized spacial score (nSPS) is 11.2. The fourth-order valence-corrected chi connectivity index (χ4v) is 2.45. The Kier molecular flexibility index (Phi) is 2.42. The second-order valence-corrected chi connectivity index (χ2v) is 4.72. The van der Waals surface area contributed by atoms with Gasteiger partial charge in [0.1, 0.15) is 5.75 Å². The molecule has 0 atom stereocenters. The number of rotatable bonds is 1. The zero-order chi connectivity index (χ0) is 12.0. The molecule has 3 rings (SSSR count). The van der Waals surface area contributed by atoms with Crippen molar-refractivity contribution >= 4 is 45.0 Å². The van der Waals surface area contributed by atoms with Crippen LogP contribution >= 0.6 is 23.2 Å². The predicted octanol–water partition coefficient (Wildman–Crippen LogP) is 4.64. The van der Waals surface area contributed by atoms with Crippen LogP contribution in [0.4, 0.5) is 0 Å². The summed E-state index contributed by atoms with van der Waals surface area (Å²) in [6, 6.07) is 9.43. The molecule has 0 aliphatic carbocycles. The largest absolute Gasteiger partial charge is 0.495 e. The van der Waals surface area contributed by atoms with Gasteiger partial charge in [-0.3, -0.25) is 0 Å². The maximum Gasteiger partial charge on any atom is 0.144 e. The lowest BCUT2D eigenvalue weighted by atomic mass is 10.1. The first-order chi connectivity index (χ1) is 8.19. The molecule has 86 valence electrons. The maximum atomic E-state index is 6.07. The van der Waals surface area contributed by atoms with Crippen molar-refractivity contribution in [3.63, 3.8) is 0 Å². The van der Waals surface area contributed by atoms with E-state index in [-0.39, 0.29) is 0 Å². The van der Waals surface area contributed by atoms with E-state index in [2.05, 4.69) is 4.98 Å². The zero-order valence-electron chi connectivity index (χ0n) is 9.05. The van der Waals surface area contributed by atoms with E-state index in [0.717, 1.165) is 27.6 Å².